The molecule has 0 aliphatic rings. The number of furan rings is 1. The lowest BCUT2D eigenvalue weighted by Gasteiger charge is -2.11. The molecule has 0 unspecified atom stereocenters. The molecule has 0 saturated carbocycles. The molecule has 4 rings (SSSR count). The van der Waals surface area contributed by atoms with E-state index >= 15 is 0 Å². The summed E-state index contributed by atoms with van der Waals surface area (Å²) in [6.45, 7) is 3.64. The van der Waals surface area contributed by atoms with Gasteiger partial charge in [-0.1, -0.05) is 15.9 Å². The van der Waals surface area contributed by atoms with Crippen molar-refractivity contribution in [2.75, 3.05) is 12.4 Å². The molecule has 4 aromatic rings. The minimum absolute atomic E-state index is 0.268. The Balaban J connectivity index is 1.69. The van der Waals surface area contributed by atoms with Crippen LogP contribution in [-0.4, -0.2) is 33.2 Å². The second-order valence-corrected chi connectivity index (χ2v) is 7.09. The molecule has 2 aromatic heterocycles. The molecule has 0 radical (unpaired) electrons. The van der Waals surface area contributed by atoms with Crippen LogP contribution in [0.25, 0.3) is 16.7 Å². The maximum absolute atomic E-state index is 12.8. The topological polar surface area (TPSA) is 95.1 Å². The molecule has 1 N–H and O–H groups in total. The summed E-state index contributed by atoms with van der Waals surface area (Å²) in [6.07, 6.45) is 0. The van der Waals surface area contributed by atoms with Gasteiger partial charge in [0.1, 0.15) is 17.0 Å². The van der Waals surface area contributed by atoms with Crippen LogP contribution in [-0.2, 0) is 0 Å². The van der Waals surface area contributed by atoms with Gasteiger partial charge >= 0.3 is 0 Å². The quantitative estimate of drug-likeness (QED) is 0.513. The number of ether oxygens (including phenoxy) is 1. The summed E-state index contributed by atoms with van der Waals surface area (Å²) in [5, 5.41) is 15.3. The van der Waals surface area contributed by atoms with Crippen molar-refractivity contribution in [3.63, 3.8) is 0 Å². The van der Waals surface area contributed by atoms with Gasteiger partial charge in [0.25, 0.3) is 5.91 Å². The number of nitrogens with zero attached hydrogens (tertiary/aromatic N) is 4. The summed E-state index contributed by atoms with van der Waals surface area (Å²) in [4.78, 5) is 12.8. The van der Waals surface area contributed by atoms with Gasteiger partial charge in [0.2, 0.25) is 0 Å². The number of hydrogen-bond donors (Lipinski definition) is 1. The van der Waals surface area contributed by atoms with Crippen LogP contribution in [0.3, 0.4) is 0 Å². The van der Waals surface area contributed by atoms with Crippen molar-refractivity contribution < 1.29 is 13.9 Å². The highest BCUT2D eigenvalue weighted by atomic mass is 79.9. The lowest BCUT2D eigenvalue weighted by atomic mass is 10.1. The highest BCUT2D eigenvalue weighted by Gasteiger charge is 2.19. The zero-order valence-electron chi connectivity index (χ0n) is 15.4. The number of aromatic nitrogens is 4. The number of carbonyl (C=O) groups excluding carboxylic acids is 1. The number of methoxy groups -OCH3 is 1. The number of aryl methyl sites for hydroxylation is 2. The smallest absolute Gasteiger partial charge is 0.291 e. The first-order chi connectivity index (χ1) is 13.5. The van der Waals surface area contributed by atoms with Crippen LogP contribution in [0.4, 0.5) is 5.69 Å². The van der Waals surface area contributed by atoms with Crippen LogP contribution < -0.4 is 10.1 Å². The molecule has 1 amide bonds. The van der Waals surface area contributed by atoms with Crippen LogP contribution >= 0.6 is 15.9 Å². The molecular formula is C19H16BrN5O3. The molecule has 8 nitrogen and oxygen atoms in total. The number of nitrogens with one attached hydrogen (secondary N) is 1. The van der Waals surface area contributed by atoms with Crippen molar-refractivity contribution in [1.82, 2.24) is 20.2 Å². The predicted octanol–water partition coefficient (Wildman–Crippen LogP) is 4.05. The number of fused-ring (bicyclic) bond motifs is 1. The molecule has 0 spiro atoms. The number of amides is 1. The molecule has 0 fully saturated rings. The average Bonchev–Trinajstić information content (AvgIpc) is 3.25. The molecule has 142 valence electrons. The molecule has 9 heteroatoms. The molecule has 0 aliphatic carbocycles. The first-order valence-electron chi connectivity index (χ1n) is 8.41. The van der Waals surface area contributed by atoms with E-state index in [1.54, 1.807) is 36.9 Å². The lowest BCUT2D eigenvalue weighted by Crippen LogP contribution is -2.13. The number of carbonyl (C=O) groups is 1. The summed E-state index contributed by atoms with van der Waals surface area (Å²) >= 11 is 3.44. The van der Waals surface area contributed by atoms with Crippen LogP contribution in [0.15, 0.2) is 45.3 Å². The summed E-state index contributed by atoms with van der Waals surface area (Å²) < 4.78 is 13.6. The van der Waals surface area contributed by atoms with Crippen molar-refractivity contribution in [2.45, 2.75) is 13.8 Å². The fraction of sp³-hybridized carbons (Fsp3) is 0.158. The number of hydrogen-bond acceptors (Lipinski definition) is 6. The molecular weight excluding hydrogens is 426 g/mol. The van der Waals surface area contributed by atoms with Gasteiger partial charge in [-0.3, -0.25) is 4.79 Å². The van der Waals surface area contributed by atoms with E-state index in [1.165, 1.54) is 0 Å². The first kappa shape index (κ1) is 18.2. The Bertz CT molecular complexity index is 1200. The Morgan fingerprint density at radius 2 is 2.04 bits per heavy atom. The number of rotatable bonds is 4. The molecule has 2 aromatic carbocycles. The third kappa shape index (κ3) is 3.13. The molecule has 2 heterocycles. The van der Waals surface area contributed by atoms with Crippen molar-refractivity contribution in [1.29, 1.82) is 0 Å². The van der Waals surface area contributed by atoms with Gasteiger partial charge in [-0.25, -0.2) is 0 Å². The fourth-order valence-corrected chi connectivity index (χ4v) is 3.35. The monoisotopic (exact) mass is 441 g/mol. The van der Waals surface area contributed by atoms with E-state index in [-0.39, 0.29) is 11.7 Å². The number of benzene rings is 2. The summed E-state index contributed by atoms with van der Waals surface area (Å²) in [5.74, 6) is 1.11. The zero-order chi connectivity index (χ0) is 19.8. The largest absolute Gasteiger partial charge is 0.494 e. The Morgan fingerprint density at radius 1 is 1.21 bits per heavy atom. The zero-order valence-corrected chi connectivity index (χ0v) is 16.9. The van der Waals surface area contributed by atoms with Gasteiger partial charge in [0.15, 0.2) is 11.6 Å². The van der Waals surface area contributed by atoms with Crippen molar-refractivity contribution in [3.05, 3.63) is 58.0 Å². The van der Waals surface area contributed by atoms with E-state index < -0.39 is 0 Å². The van der Waals surface area contributed by atoms with Crippen LogP contribution in [0.2, 0.25) is 0 Å². The van der Waals surface area contributed by atoms with Gasteiger partial charge < -0.3 is 14.5 Å². The van der Waals surface area contributed by atoms with E-state index in [9.17, 15) is 4.79 Å². The highest BCUT2D eigenvalue weighted by molar-refractivity contribution is 9.10. The highest BCUT2D eigenvalue weighted by Crippen LogP contribution is 2.30. The average molecular weight is 442 g/mol. The summed E-state index contributed by atoms with van der Waals surface area (Å²) in [5.41, 5.74) is 2.62. The lowest BCUT2D eigenvalue weighted by molar-refractivity contribution is 0.0998. The molecule has 0 saturated heterocycles. The third-order valence-electron chi connectivity index (χ3n) is 4.39. The minimum Gasteiger partial charge on any atom is -0.494 e. The Hall–Kier alpha value is -3.20. The molecule has 28 heavy (non-hydrogen) atoms. The van der Waals surface area contributed by atoms with Gasteiger partial charge in [-0.2, -0.15) is 4.68 Å². The van der Waals surface area contributed by atoms with E-state index in [0.29, 0.717) is 28.5 Å². The van der Waals surface area contributed by atoms with Crippen LogP contribution in [0, 0.1) is 13.8 Å². The maximum atomic E-state index is 12.8. The van der Waals surface area contributed by atoms with Gasteiger partial charge in [0.05, 0.1) is 7.11 Å². The Morgan fingerprint density at radius 3 is 2.75 bits per heavy atom. The molecule has 0 bridgehead atoms. The normalized spacial score (nSPS) is 11.0. The summed E-state index contributed by atoms with van der Waals surface area (Å²) in [6, 6.07) is 10.9. The fourth-order valence-electron chi connectivity index (χ4n) is 2.99. The third-order valence-corrected chi connectivity index (χ3v) is 4.89. The molecule has 0 aliphatic heterocycles. The Kier molecular flexibility index (Phi) is 4.60. The SMILES string of the molecule is COc1ccc(NC(=O)c2oc3ccc(Br)cc3c2C)cc1-n1nnnc1C. The predicted molar refractivity (Wildman–Crippen MR) is 107 cm³/mol. The molecule has 0 atom stereocenters. The van der Waals surface area contributed by atoms with Crippen LogP contribution in [0.1, 0.15) is 21.9 Å². The van der Waals surface area contributed by atoms with Gasteiger partial charge in [-0.15, -0.1) is 5.10 Å². The van der Waals surface area contributed by atoms with Crippen molar-refractivity contribution >= 4 is 38.5 Å². The second-order valence-electron chi connectivity index (χ2n) is 6.18. The minimum atomic E-state index is -0.339. The number of halogens is 1. The Labute approximate surface area is 168 Å². The number of anilines is 1. The number of tetrazole rings is 1. The van der Waals surface area contributed by atoms with E-state index in [1.807, 2.05) is 25.1 Å². The van der Waals surface area contributed by atoms with Crippen molar-refractivity contribution in [3.8, 4) is 11.4 Å². The summed E-state index contributed by atoms with van der Waals surface area (Å²) in [7, 11) is 1.56. The van der Waals surface area contributed by atoms with Crippen molar-refractivity contribution in [2.24, 2.45) is 0 Å². The van der Waals surface area contributed by atoms with Gasteiger partial charge in [0, 0.05) is 21.1 Å². The standard InChI is InChI=1S/C19H16BrN5O3/c1-10-14-8-12(20)4-6-16(14)28-18(10)19(26)21-13-5-7-17(27-3)15(9-13)25-11(2)22-23-24-25/h4-9H,1-3H3,(H,21,26). The first-order valence-corrected chi connectivity index (χ1v) is 9.20. The van der Waals surface area contributed by atoms with E-state index in [0.717, 1.165) is 15.4 Å². The van der Waals surface area contributed by atoms with E-state index in [4.69, 9.17) is 9.15 Å². The van der Waals surface area contributed by atoms with Crippen LogP contribution in [0.5, 0.6) is 5.75 Å². The van der Waals surface area contributed by atoms with E-state index in [2.05, 4.69) is 36.8 Å². The van der Waals surface area contributed by atoms with Gasteiger partial charge in [-0.05, 0) is 60.7 Å². The maximum Gasteiger partial charge on any atom is 0.291 e. The second kappa shape index (κ2) is 7.08.